The topological polar surface area (TPSA) is 12.9 Å². The third-order valence-corrected chi connectivity index (χ3v) is 4.74. The summed E-state index contributed by atoms with van der Waals surface area (Å²) in [5, 5.41) is 3.69. The molecule has 0 spiro atoms. The van der Waals surface area contributed by atoms with Crippen molar-refractivity contribution in [2.45, 2.75) is 0 Å². The molecular weight excluding hydrogens is 261 g/mol. The second-order valence-corrected chi connectivity index (χ2v) is 5.99. The van der Waals surface area contributed by atoms with Crippen molar-refractivity contribution in [3.8, 4) is 10.6 Å². The van der Waals surface area contributed by atoms with E-state index in [1.54, 1.807) is 11.3 Å². The second-order valence-electron chi connectivity index (χ2n) is 4.96. The Morgan fingerprint density at radius 1 is 0.800 bits per heavy atom. The van der Waals surface area contributed by atoms with Gasteiger partial charge < -0.3 is 0 Å². The average Bonchev–Trinajstić information content (AvgIpc) is 2.91. The fourth-order valence-corrected chi connectivity index (χ4v) is 3.63. The first kappa shape index (κ1) is 11.7. The standard InChI is InChI=1S/C17H12BNS/c18-14-10-9-13(11-5-1-2-6-12(11)14)17-19-15-7-3-4-8-16(15)20-17/h1-10H,18H2. The Kier molecular flexibility index (Phi) is 2.61. The molecule has 4 rings (SSSR count). The van der Waals surface area contributed by atoms with Crippen LogP contribution in [0.3, 0.4) is 0 Å². The number of rotatable bonds is 1. The SMILES string of the molecule is Bc1ccc(-c2nc3ccccc3s2)c2ccccc12. The number of hydrogen-bond donors (Lipinski definition) is 0. The third-order valence-electron chi connectivity index (χ3n) is 3.67. The highest BCUT2D eigenvalue weighted by molar-refractivity contribution is 7.21. The summed E-state index contributed by atoms with van der Waals surface area (Å²) in [4.78, 5) is 4.78. The zero-order chi connectivity index (χ0) is 13.5. The summed E-state index contributed by atoms with van der Waals surface area (Å²) in [6.45, 7) is 0. The van der Waals surface area contributed by atoms with Crippen molar-refractivity contribution in [3.05, 3.63) is 60.7 Å². The maximum atomic E-state index is 4.78. The molecule has 0 saturated heterocycles. The molecule has 0 aliphatic carbocycles. The molecule has 0 aliphatic rings. The van der Waals surface area contributed by atoms with Gasteiger partial charge in [-0.3, -0.25) is 0 Å². The normalized spacial score (nSPS) is 11.2. The van der Waals surface area contributed by atoms with Gasteiger partial charge in [0.05, 0.1) is 10.2 Å². The minimum atomic E-state index is 1.08. The van der Waals surface area contributed by atoms with Gasteiger partial charge in [0.2, 0.25) is 0 Å². The zero-order valence-electron chi connectivity index (χ0n) is 11.1. The van der Waals surface area contributed by atoms with Crippen LogP contribution in [-0.2, 0) is 0 Å². The van der Waals surface area contributed by atoms with Crippen molar-refractivity contribution in [3.63, 3.8) is 0 Å². The van der Waals surface area contributed by atoms with Crippen LogP contribution in [0.1, 0.15) is 0 Å². The van der Waals surface area contributed by atoms with Gasteiger partial charge in [0.25, 0.3) is 0 Å². The van der Waals surface area contributed by atoms with Crippen molar-refractivity contribution < 1.29 is 0 Å². The molecule has 0 fully saturated rings. The molecule has 0 amide bonds. The molecule has 3 heteroatoms. The Balaban J connectivity index is 2.04. The summed E-state index contributed by atoms with van der Waals surface area (Å²) >= 11 is 1.76. The minimum Gasteiger partial charge on any atom is -0.236 e. The van der Waals surface area contributed by atoms with Gasteiger partial charge in [0.1, 0.15) is 12.9 Å². The Bertz CT molecular complexity index is 893. The Morgan fingerprint density at radius 2 is 1.55 bits per heavy atom. The van der Waals surface area contributed by atoms with Crippen molar-refractivity contribution in [1.29, 1.82) is 0 Å². The van der Waals surface area contributed by atoms with E-state index in [1.165, 1.54) is 26.5 Å². The molecule has 1 nitrogen and oxygen atoms in total. The molecule has 0 radical (unpaired) electrons. The van der Waals surface area contributed by atoms with Crippen LogP contribution >= 0.6 is 11.3 Å². The van der Waals surface area contributed by atoms with E-state index < -0.39 is 0 Å². The van der Waals surface area contributed by atoms with E-state index in [1.807, 2.05) is 6.07 Å². The molecule has 1 heterocycles. The van der Waals surface area contributed by atoms with Crippen LogP contribution in [0, 0.1) is 0 Å². The number of hydrogen-bond acceptors (Lipinski definition) is 2. The van der Waals surface area contributed by atoms with Gasteiger partial charge in [-0.25, -0.2) is 4.98 Å². The van der Waals surface area contributed by atoms with Gasteiger partial charge in [0.15, 0.2) is 0 Å². The molecule has 94 valence electrons. The van der Waals surface area contributed by atoms with Crippen LogP contribution in [-0.4, -0.2) is 12.8 Å². The molecule has 0 bridgehead atoms. The number of aromatic nitrogens is 1. The van der Waals surface area contributed by atoms with Crippen LogP contribution < -0.4 is 5.46 Å². The van der Waals surface area contributed by atoms with Crippen LogP contribution in [0.5, 0.6) is 0 Å². The van der Waals surface area contributed by atoms with E-state index in [-0.39, 0.29) is 0 Å². The smallest absolute Gasteiger partial charge is 0.140 e. The Labute approximate surface area is 122 Å². The average molecular weight is 273 g/mol. The first-order chi connectivity index (χ1) is 9.83. The van der Waals surface area contributed by atoms with Crippen LogP contribution in [0.4, 0.5) is 0 Å². The predicted molar refractivity (Wildman–Crippen MR) is 90.7 cm³/mol. The lowest BCUT2D eigenvalue weighted by atomic mass is 9.88. The Morgan fingerprint density at radius 3 is 2.40 bits per heavy atom. The van der Waals surface area contributed by atoms with Gasteiger partial charge in [-0.1, -0.05) is 54.0 Å². The summed E-state index contributed by atoms with van der Waals surface area (Å²) in [5.74, 6) is 0. The fraction of sp³-hybridized carbons (Fsp3) is 0. The zero-order valence-corrected chi connectivity index (χ0v) is 11.9. The lowest BCUT2D eigenvalue weighted by Gasteiger charge is -2.06. The quantitative estimate of drug-likeness (QED) is 0.484. The number of para-hydroxylation sites is 1. The second kappa shape index (κ2) is 4.46. The van der Waals surface area contributed by atoms with E-state index in [2.05, 4.69) is 62.4 Å². The molecule has 0 aliphatic heterocycles. The monoisotopic (exact) mass is 273 g/mol. The minimum absolute atomic E-state index is 1.08. The third kappa shape index (κ3) is 1.74. The van der Waals surface area contributed by atoms with Gasteiger partial charge in [-0.2, -0.15) is 0 Å². The summed E-state index contributed by atoms with van der Waals surface area (Å²) in [7, 11) is 2.16. The van der Waals surface area contributed by atoms with Gasteiger partial charge >= 0.3 is 0 Å². The van der Waals surface area contributed by atoms with Gasteiger partial charge in [0, 0.05) is 5.56 Å². The van der Waals surface area contributed by atoms with E-state index >= 15 is 0 Å². The molecule has 4 aromatic rings. The molecule has 0 N–H and O–H groups in total. The van der Waals surface area contributed by atoms with Crippen molar-refractivity contribution in [2.75, 3.05) is 0 Å². The van der Waals surface area contributed by atoms with E-state index in [4.69, 9.17) is 4.98 Å². The van der Waals surface area contributed by atoms with Crippen LogP contribution in [0.25, 0.3) is 31.6 Å². The highest BCUT2D eigenvalue weighted by Gasteiger charge is 2.10. The fourth-order valence-electron chi connectivity index (χ4n) is 2.62. The molecule has 20 heavy (non-hydrogen) atoms. The largest absolute Gasteiger partial charge is 0.236 e. The van der Waals surface area contributed by atoms with Crippen molar-refractivity contribution >= 4 is 45.6 Å². The molecule has 3 aromatic carbocycles. The van der Waals surface area contributed by atoms with E-state index in [0.717, 1.165) is 10.5 Å². The molecule has 0 atom stereocenters. The number of fused-ring (bicyclic) bond motifs is 2. The van der Waals surface area contributed by atoms with Crippen LogP contribution in [0.15, 0.2) is 60.7 Å². The highest BCUT2D eigenvalue weighted by Crippen LogP contribution is 2.33. The van der Waals surface area contributed by atoms with E-state index in [0.29, 0.717) is 0 Å². The molecule has 0 saturated carbocycles. The molecule has 1 aromatic heterocycles. The van der Waals surface area contributed by atoms with Crippen LogP contribution in [0.2, 0.25) is 0 Å². The Hall–Kier alpha value is -2.13. The first-order valence-corrected chi connectivity index (χ1v) is 7.49. The van der Waals surface area contributed by atoms with Gasteiger partial charge in [-0.15, -0.1) is 11.3 Å². The molecular formula is C17H12BNS. The first-order valence-electron chi connectivity index (χ1n) is 6.67. The lowest BCUT2D eigenvalue weighted by molar-refractivity contribution is 1.49. The van der Waals surface area contributed by atoms with Gasteiger partial charge in [-0.05, 0) is 22.9 Å². The van der Waals surface area contributed by atoms with E-state index in [9.17, 15) is 0 Å². The molecule has 0 unspecified atom stereocenters. The number of nitrogens with zero attached hydrogens (tertiary/aromatic N) is 1. The summed E-state index contributed by atoms with van der Waals surface area (Å²) < 4.78 is 1.24. The number of benzene rings is 3. The number of thiazole rings is 1. The lowest BCUT2D eigenvalue weighted by Crippen LogP contribution is -2.03. The summed E-state index contributed by atoms with van der Waals surface area (Å²) in [5.41, 5.74) is 3.62. The van der Waals surface area contributed by atoms with Crippen molar-refractivity contribution in [2.24, 2.45) is 0 Å². The maximum absolute atomic E-state index is 4.78. The maximum Gasteiger partial charge on any atom is 0.140 e. The highest BCUT2D eigenvalue weighted by atomic mass is 32.1. The summed E-state index contributed by atoms with van der Waals surface area (Å²) in [6, 6.07) is 21.2. The van der Waals surface area contributed by atoms with Crippen molar-refractivity contribution in [1.82, 2.24) is 4.98 Å². The predicted octanol–water partition coefficient (Wildman–Crippen LogP) is 3.37. The summed E-state index contributed by atoms with van der Waals surface area (Å²) in [6.07, 6.45) is 0.